The molecule has 0 radical (unpaired) electrons. The van der Waals surface area contributed by atoms with Crippen LogP contribution in [0, 0.1) is 6.92 Å². The molecule has 17 heavy (non-hydrogen) atoms. The van der Waals surface area contributed by atoms with Crippen molar-refractivity contribution in [2.45, 2.75) is 19.9 Å². The number of rotatable bonds is 2. The molecule has 0 aliphatic rings. The van der Waals surface area contributed by atoms with E-state index in [1.165, 1.54) is 0 Å². The zero-order valence-corrected chi connectivity index (χ0v) is 10.7. The second-order valence-corrected chi connectivity index (χ2v) is 4.60. The maximum atomic E-state index is 6.23. The molecule has 0 saturated carbocycles. The first kappa shape index (κ1) is 12.1. The quantitative estimate of drug-likeness (QED) is 0.877. The van der Waals surface area contributed by atoms with E-state index in [0.29, 0.717) is 5.02 Å². The van der Waals surface area contributed by atoms with Gasteiger partial charge < -0.3 is 5.73 Å². The summed E-state index contributed by atoms with van der Waals surface area (Å²) in [5, 5.41) is 0.705. The highest BCUT2D eigenvalue weighted by Gasteiger charge is 2.10. The molecule has 0 saturated heterocycles. The zero-order valence-electron chi connectivity index (χ0n) is 9.94. The lowest BCUT2D eigenvalue weighted by atomic mass is 10.0. The van der Waals surface area contributed by atoms with Crippen LogP contribution in [0.4, 0.5) is 0 Å². The number of halogens is 1. The Labute approximate surface area is 106 Å². The van der Waals surface area contributed by atoms with Crippen molar-refractivity contribution in [2.24, 2.45) is 5.73 Å². The fraction of sp³-hybridized carbons (Fsp3) is 0.214. The Morgan fingerprint density at radius 1 is 1.29 bits per heavy atom. The molecule has 0 unspecified atom stereocenters. The fourth-order valence-corrected chi connectivity index (χ4v) is 1.98. The first-order valence-electron chi connectivity index (χ1n) is 5.56. The molecule has 88 valence electrons. The van der Waals surface area contributed by atoms with Gasteiger partial charge in [0.05, 0.1) is 5.69 Å². The Hall–Kier alpha value is -1.38. The predicted molar refractivity (Wildman–Crippen MR) is 72.0 cm³/mol. The van der Waals surface area contributed by atoms with E-state index in [1.807, 2.05) is 44.2 Å². The molecule has 0 bridgehead atoms. The minimum atomic E-state index is -0.00460. The van der Waals surface area contributed by atoms with Crippen molar-refractivity contribution in [2.75, 3.05) is 0 Å². The predicted octanol–water partition coefficient (Wildman–Crippen LogP) is 3.73. The molecular formula is C14H15ClN2. The lowest BCUT2D eigenvalue weighted by Crippen LogP contribution is -2.05. The van der Waals surface area contributed by atoms with Crippen molar-refractivity contribution in [3.05, 3.63) is 52.7 Å². The van der Waals surface area contributed by atoms with E-state index < -0.39 is 0 Å². The molecular weight excluding hydrogens is 232 g/mol. The summed E-state index contributed by atoms with van der Waals surface area (Å²) in [6.07, 6.45) is 1.78. The van der Waals surface area contributed by atoms with Crippen LogP contribution in [0.1, 0.15) is 24.1 Å². The second kappa shape index (κ2) is 4.86. The Balaban J connectivity index is 2.59. The topological polar surface area (TPSA) is 38.9 Å². The van der Waals surface area contributed by atoms with Gasteiger partial charge in [0, 0.05) is 22.8 Å². The van der Waals surface area contributed by atoms with Gasteiger partial charge in [-0.2, -0.15) is 0 Å². The molecule has 0 fully saturated rings. The fourth-order valence-electron chi connectivity index (χ4n) is 1.78. The van der Waals surface area contributed by atoms with Gasteiger partial charge in [-0.3, -0.25) is 4.98 Å². The molecule has 1 aromatic carbocycles. The average molecular weight is 247 g/mol. The Kier molecular flexibility index (Phi) is 3.46. The molecule has 2 N–H and O–H groups in total. The Morgan fingerprint density at radius 3 is 2.71 bits per heavy atom. The molecule has 3 heteroatoms. The molecule has 2 nitrogen and oxygen atoms in total. The van der Waals surface area contributed by atoms with E-state index in [2.05, 4.69) is 4.98 Å². The largest absolute Gasteiger partial charge is 0.324 e. The van der Waals surface area contributed by atoms with E-state index >= 15 is 0 Å². The van der Waals surface area contributed by atoms with E-state index in [4.69, 9.17) is 17.3 Å². The monoisotopic (exact) mass is 246 g/mol. The summed E-state index contributed by atoms with van der Waals surface area (Å²) in [7, 11) is 0. The number of aryl methyl sites for hydroxylation is 1. The van der Waals surface area contributed by atoms with Crippen LogP contribution in [0.15, 0.2) is 36.5 Å². The highest BCUT2D eigenvalue weighted by molar-refractivity contribution is 6.33. The van der Waals surface area contributed by atoms with Gasteiger partial charge in [-0.15, -0.1) is 0 Å². The van der Waals surface area contributed by atoms with Gasteiger partial charge in [-0.1, -0.05) is 23.7 Å². The van der Waals surface area contributed by atoms with Gasteiger partial charge in [-0.25, -0.2) is 0 Å². The van der Waals surface area contributed by atoms with Crippen LogP contribution in [-0.2, 0) is 0 Å². The molecule has 2 aromatic rings. The molecule has 0 aliphatic heterocycles. The Morgan fingerprint density at radius 2 is 2.06 bits per heavy atom. The van der Waals surface area contributed by atoms with E-state index in [1.54, 1.807) is 6.20 Å². The van der Waals surface area contributed by atoms with Crippen LogP contribution in [0.25, 0.3) is 11.3 Å². The normalized spacial score (nSPS) is 12.5. The Bertz CT molecular complexity index is 535. The molecule has 0 aliphatic carbocycles. The van der Waals surface area contributed by atoms with Crippen LogP contribution in [0.2, 0.25) is 5.02 Å². The van der Waals surface area contributed by atoms with Crippen LogP contribution in [-0.4, -0.2) is 4.98 Å². The van der Waals surface area contributed by atoms with Crippen molar-refractivity contribution in [1.29, 1.82) is 0 Å². The summed E-state index contributed by atoms with van der Waals surface area (Å²) < 4.78 is 0. The molecule has 1 atom stereocenters. The lowest BCUT2D eigenvalue weighted by molar-refractivity contribution is 0.818. The van der Waals surface area contributed by atoms with Crippen LogP contribution < -0.4 is 5.73 Å². The highest BCUT2D eigenvalue weighted by atomic mass is 35.5. The van der Waals surface area contributed by atoms with E-state index in [-0.39, 0.29) is 6.04 Å². The lowest BCUT2D eigenvalue weighted by Gasteiger charge is -2.11. The summed E-state index contributed by atoms with van der Waals surface area (Å²) in [5.74, 6) is 0. The molecule has 1 heterocycles. The maximum Gasteiger partial charge on any atom is 0.0746 e. The molecule has 0 amide bonds. The summed E-state index contributed by atoms with van der Waals surface area (Å²) in [4.78, 5) is 4.38. The van der Waals surface area contributed by atoms with Crippen LogP contribution in [0.5, 0.6) is 0 Å². The van der Waals surface area contributed by atoms with Gasteiger partial charge in [0.1, 0.15) is 0 Å². The molecule has 1 aromatic heterocycles. The number of pyridine rings is 1. The standard InChI is InChI=1S/C14H15ClN2/c1-9-4-3-7-17-14(9)12-8-11(10(2)16)5-6-13(12)15/h3-8,10H,16H2,1-2H3/t10-/m0/s1. The number of nitrogens with zero attached hydrogens (tertiary/aromatic N) is 1. The summed E-state index contributed by atoms with van der Waals surface area (Å²) in [6, 6.07) is 9.79. The zero-order chi connectivity index (χ0) is 12.4. The summed E-state index contributed by atoms with van der Waals surface area (Å²) in [6.45, 7) is 3.98. The summed E-state index contributed by atoms with van der Waals surface area (Å²) in [5.41, 5.74) is 9.92. The maximum absolute atomic E-state index is 6.23. The number of aromatic nitrogens is 1. The smallest absolute Gasteiger partial charge is 0.0746 e. The van der Waals surface area contributed by atoms with Gasteiger partial charge >= 0.3 is 0 Å². The van der Waals surface area contributed by atoms with E-state index in [9.17, 15) is 0 Å². The second-order valence-electron chi connectivity index (χ2n) is 4.20. The van der Waals surface area contributed by atoms with Crippen molar-refractivity contribution in [3.8, 4) is 11.3 Å². The van der Waals surface area contributed by atoms with Gasteiger partial charge in [0.2, 0.25) is 0 Å². The number of nitrogens with two attached hydrogens (primary N) is 1. The summed E-state index contributed by atoms with van der Waals surface area (Å²) >= 11 is 6.23. The van der Waals surface area contributed by atoms with Crippen molar-refractivity contribution >= 4 is 11.6 Å². The number of hydrogen-bond acceptors (Lipinski definition) is 2. The minimum Gasteiger partial charge on any atom is -0.324 e. The molecule has 0 spiro atoms. The van der Waals surface area contributed by atoms with E-state index in [0.717, 1.165) is 22.4 Å². The van der Waals surface area contributed by atoms with Crippen molar-refractivity contribution in [3.63, 3.8) is 0 Å². The molecule has 2 rings (SSSR count). The number of benzene rings is 1. The minimum absolute atomic E-state index is 0.00460. The first-order chi connectivity index (χ1) is 8.09. The van der Waals surface area contributed by atoms with Gasteiger partial charge in [0.25, 0.3) is 0 Å². The first-order valence-corrected chi connectivity index (χ1v) is 5.94. The number of hydrogen-bond donors (Lipinski definition) is 1. The van der Waals surface area contributed by atoms with Crippen molar-refractivity contribution < 1.29 is 0 Å². The van der Waals surface area contributed by atoms with Gasteiger partial charge in [0.15, 0.2) is 0 Å². The third-order valence-corrected chi connectivity index (χ3v) is 3.11. The SMILES string of the molecule is Cc1cccnc1-c1cc([C@H](C)N)ccc1Cl. The average Bonchev–Trinajstić information content (AvgIpc) is 2.30. The van der Waals surface area contributed by atoms with Gasteiger partial charge in [-0.05, 0) is 43.2 Å². The van der Waals surface area contributed by atoms with Crippen molar-refractivity contribution in [1.82, 2.24) is 4.98 Å². The van der Waals surface area contributed by atoms with Crippen LogP contribution >= 0.6 is 11.6 Å². The third-order valence-electron chi connectivity index (χ3n) is 2.78. The third kappa shape index (κ3) is 2.48. The van der Waals surface area contributed by atoms with Crippen LogP contribution in [0.3, 0.4) is 0 Å². The highest BCUT2D eigenvalue weighted by Crippen LogP contribution is 2.30.